The van der Waals surface area contributed by atoms with Crippen molar-refractivity contribution in [2.75, 3.05) is 10.6 Å². The number of hydrogen-bond donors (Lipinski definition) is 2. The number of nitriles is 1. The molecule has 0 fully saturated rings. The van der Waals surface area contributed by atoms with Crippen LogP contribution in [0.2, 0.25) is 0 Å². The van der Waals surface area contributed by atoms with Gasteiger partial charge in [-0.1, -0.05) is 23.8 Å². The minimum atomic E-state index is -0.385. The SMILES string of the molecule is CC1=C(C(=O)Nc2ccc(C)cc2C)[C@H](c2cccs2)n2ncc(C#N)c2N1. The Morgan fingerprint density at radius 1 is 1.32 bits per heavy atom. The van der Waals surface area contributed by atoms with Crippen LogP contribution in [-0.4, -0.2) is 15.7 Å². The second-order valence-electron chi connectivity index (χ2n) is 6.82. The number of carbonyl (C=O) groups excluding carboxylic acids is 1. The quantitative estimate of drug-likeness (QED) is 0.697. The molecule has 1 amide bonds. The second kappa shape index (κ2) is 6.98. The molecule has 0 aliphatic carbocycles. The lowest BCUT2D eigenvalue weighted by Crippen LogP contribution is -2.31. The zero-order valence-corrected chi connectivity index (χ0v) is 16.6. The molecule has 0 bridgehead atoms. The van der Waals surface area contributed by atoms with Gasteiger partial charge in [-0.2, -0.15) is 10.4 Å². The maximum Gasteiger partial charge on any atom is 0.255 e. The standard InChI is InChI=1S/C21H19N5OS/c1-12-6-7-16(13(2)9-12)25-21(27)18-14(3)24-20-15(10-22)11-23-26(20)19(18)17-5-4-8-28-17/h4-9,11,19,24H,1-3H3,(H,25,27)/t19-/m0/s1. The van der Waals surface area contributed by atoms with Gasteiger partial charge in [0, 0.05) is 16.3 Å². The van der Waals surface area contributed by atoms with E-state index in [4.69, 9.17) is 0 Å². The van der Waals surface area contributed by atoms with Gasteiger partial charge in [-0.05, 0) is 43.8 Å². The van der Waals surface area contributed by atoms with Crippen molar-refractivity contribution in [1.29, 1.82) is 5.26 Å². The molecule has 7 heteroatoms. The van der Waals surface area contributed by atoms with Crippen molar-refractivity contribution in [2.45, 2.75) is 26.8 Å². The molecule has 1 aliphatic heterocycles. The maximum absolute atomic E-state index is 13.3. The number of thiophene rings is 1. The number of anilines is 2. The van der Waals surface area contributed by atoms with Gasteiger partial charge in [0.15, 0.2) is 0 Å². The first-order chi connectivity index (χ1) is 13.5. The van der Waals surface area contributed by atoms with E-state index in [1.807, 2.05) is 56.5 Å². The minimum Gasteiger partial charge on any atom is -0.343 e. The second-order valence-corrected chi connectivity index (χ2v) is 7.80. The molecule has 0 spiro atoms. The van der Waals surface area contributed by atoms with Crippen molar-refractivity contribution in [3.05, 3.63) is 74.7 Å². The molecule has 1 aromatic carbocycles. The number of allylic oxidation sites excluding steroid dienone is 1. The van der Waals surface area contributed by atoms with Crippen LogP contribution in [0, 0.1) is 25.2 Å². The molecule has 1 atom stereocenters. The molecular formula is C21H19N5OS. The van der Waals surface area contributed by atoms with Crippen molar-refractivity contribution < 1.29 is 4.79 Å². The topological polar surface area (TPSA) is 82.7 Å². The number of rotatable bonds is 3. The number of fused-ring (bicyclic) bond motifs is 1. The third-order valence-corrected chi connectivity index (χ3v) is 5.76. The van der Waals surface area contributed by atoms with E-state index in [0.717, 1.165) is 21.7 Å². The largest absolute Gasteiger partial charge is 0.343 e. The lowest BCUT2D eigenvalue weighted by molar-refractivity contribution is -0.113. The predicted octanol–water partition coefficient (Wildman–Crippen LogP) is 4.36. The number of nitrogens with zero attached hydrogens (tertiary/aromatic N) is 3. The fraction of sp³-hybridized carbons (Fsp3) is 0.190. The highest BCUT2D eigenvalue weighted by atomic mass is 32.1. The Morgan fingerprint density at radius 3 is 2.82 bits per heavy atom. The fourth-order valence-electron chi connectivity index (χ4n) is 3.48. The van der Waals surface area contributed by atoms with Crippen LogP contribution in [0.4, 0.5) is 11.5 Å². The average Bonchev–Trinajstić information content (AvgIpc) is 3.32. The Hall–Kier alpha value is -3.37. The van der Waals surface area contributed by atoms with Gasteiger partial charge in [-0.15, -0.1) is 11.3 Å². The molecule has 0 unspecified atom stereocenters. The zero-order chi connectivity index (χ0) is 19.8. The number of nitrogens with one attached hydrogen (secondary N) is 2. The van der Waals surface area contributed by atoms with Gasteiger partial charge in [-0.25, -0.2) is 4.68 Å². The summed E-state index contributed by atoms with van der Waals surface area (Å²) in [5.74, 6) is 0.427. The summed E-state index contributed by atoms with van der Waals surface area (Å²) in [5, 5.41) is 22.0. The van der Waals surface area contributed by atoms with Crippen molar-refractivity contribution in [2.24, 2.45) is 0 Å². The molecule has 6 nitrogen and oxygen atoms in total. The van der Waals surface area contributed by atoms with E-state index >= 15 is 0 Å². The van der Waals surface area contributed by atoms with Crippen LogP contribution in [0.3, 0.4) is 0 Å². The molecule has 3 aromatic rings. The highest BCUT2D eigenvalue weighted by Crippen LogP contribution is 2.39. The van der Waals surface area contributed by atoms with E-state index in [2.05, 4.69) is 21.8 Å². The first-order valence-corrected chi connectivity index (χ1v) is 9.75. The third-order valence-electron chi connectivity index (χ3n) is 4.83. The number of hydrogen-bond acceptors (Lipinski definition) is 5. The summed E-state index contributed by atoms with van der Waals surface area (Å²) >= 11 is 1.56. The Balaban J connectivity index is 1.78. The average molecular weight is 389 g/mol. The zero-order valence-electron chi connectivity index (χ0n) is 15.8. The minimum absolute atomic E-state index is 0.185. The van der Waals surface area contributed by atoms with Gasteiger partial charge in [0.1, 0.15) is 23.5 Å². The lowest BCUT2D eigenvalue weighted by Gasteiger charge is -2.29. The summed E-state index contributed by atoms with van der Waals surface area (Å²) in [4.78, 5) is 14.3. The number of amides is 1. The number of aromatic nitrogens is 2. The van der Waals surface area contributed by atoms with Crippen LogP contribution < -0.4 is 10.6 Å². The number of carbonyl (C=O) groups is 1. The molecule has 1 aliphatic rings. The lowest BCUT2D eigenvalue weighted by atomic mass is 9.99. The summed E-state index contributed by atoms with van der Waals surface area (Å²) < 4.78 is 1.72. The van der Waals surface area contributed by atoms with Crippen LogP contribution in [0.15, 0.2) is 53.2 Å². The smallest absolute Gasteiger partial charge is 0.255 e. The highest BCUT2D eigenvalue weighted by Gasteiger charge is 2.34. The van der Waals surface area contributed by atoms with Crippen LogP contribution in [0.1, 0.15) is 34.5 Å². The highest BCUT2D eigenvalue weighted by molar-refractivity contribution is 7.10. The Kier molecular flexibility index (Phi) is 4.49. The van der Waals surface area contributed by atoms with E-state index in [1.54, 1.807) is 16.0 Å². The van der Waals surface area contributed by atoms with Gasteiger partial charge in [0.2, 0.25) is 0 Å². The third kappa shape index (κ3) is 2.98. The molecule has 2 aromatic heterocycles. The van der Waals surface area contributed by atoms with Crippen molar-refractivity contribution in [3.8, 4) is 6.07 Å². The van der Waals surface area contributed by atoms with Gasteiger partial charge in [0.25, 0.3) is 5.91 Å². The number of benzene rings is 1. The van der Waals surface area contributed by atoms with Gasteiger partial charge >= 0.3 is 0 Å². The Bertz CT molecular complexity index is 1130. The number of aryl methyl sites for hydroxylation is 2. The summed E-state index contributed by atoms with van der Waals surface area (Å²) in [6.45, 7) is 5.86. The Morgan fingerprint density at radius 2 is 2.14 bits per heavy atom. The van der Waals surface area contributed by atoms with E-state index in [0.29, 0.717) is 22.7 Å². The molecule has 0 saturated heterocycles. The summed E-state index contributed by atoms with van der Waals surface area (Å²) in [5.41, 5.74) is 4.69. The molecular weight excluding hydrogens is 370 g/mol. The summed E-state index contributed by atoms with van der Waals surface area (Å²) in [7, 11) is 0. The van der Waals surface area contributed by atoms with Crippen molar-refractivity contribution in [1.82, 2.24) is 9.78 Å². The summed E-state index contributed by atoms with van der Waals surface area (Å²) in [6.07, 6.45) is 1.53. The van der Waals surface area contributed by atoms with Gasteiger partial charge in [0.05, 0.1) is 11.8 Å². The summed E-state index contributed by atoms with van der Waals surface area (Å²) in [6, 6.07) is 11.6. The van der Waals surface area contributed by atoms with Crippen LogP contribution in [0.5, 0.6) is 0 Å². The van der Waals surface area contributed by atoms with E-state index in [1.165, 1.54) is 6.20 Å². The molecule has 4 rings (SSSR count). The van der Waals surface area contributed by atoms with Crippen molar-refractivity contribution >= 4 is 28.7 Å². The maximum atomic E-state index is 13.3. The first kappa shape index (κ1) is 18.0. The normalized spacial score (nSPS) is 15.6. The van der Waals surface area contributed by atoms with E-state index in [9.17, 15) is 10.1 Å². The van der Waals surface area contributed by atoms with Crippen LogP contribution >= 0.6 is 11.3 Å². The van der Waals surface area contributed by atoms with E-state index < -0.39 is 0 Å². The van der Waals surface area contributed by atoms with Crippen LogP contribution in [0.25, 0.3) is 0 Å². The Labute approximate surface area is 167 Å². The molecule has 3 heterocycles. The fourth-order valence-corrected chi connectivity index (χ4v) is 4.30. The van der Waals surface area contributed by atoms with E-state index in [-0.39, 0.29) is 11.9 Å². The van der Waals surface area contributed by atoms with Crippen molar-refractivity contribution in [3.63, 3.8) is 0 Å². The van der Waals surface area contributed by atoms with Gasteiger partial charge in [-0.3, -0.25) is 4.79 Å². The first-order valence-electron chi connectivity index (χ1n) is 8.87. The molecule has 0 saturated carbocycles. The van der Waals surface area contributed by atoms with Gasteiger partial charge < -0.3 is 10.6 Å². The molecule has 140 valence electrons. The monoisotopic (exact) mass is 389 g/mol. The molecule has 28 heavy (non-hydrogen) atoms. The predicted molar refractivity (Wildman–Crippen MR) is 110 cm³/mol. The molecule has 0 radical (unpaired) electrons. The molecule has 2 N–H and O–H groups in total. The van der Waals surface area contributed by atoms with Crippen LogP contribution in [-0.2, 0) is 4.79 Å².